The summed E-state index contributed by atoms with van der Waals surface area (Å²) in [5.74, 6) is 0.352. The van der Waals surface area contributed by atoms with Crippen LogP contribution in [0.15, 0.2) is 70.9 Å². The molecule has 4 nitrogen and oxygen atoms in total. The van der Waals surface area contributed by atoms with E-state index in [4.69, 9.17) is 0 Å². The smallest absolute Gasteiger partial charge is 0.251 e. The molecule has 0 saturated carbocycles. The Balaban J connectivity index is 1.56. The van der Waals surface area contributed by atoms with E-state index in [0.717, 1.165) is 21.0 Å². The summed E-state index contributed by atoms with van der Waals surface area (Å²) in [6.45, 7) is 1.02. The number of amides is 2. The van der Waals surface area contributed by atoms with Crippen molar-refractivity contribution in [2.24, 2.45) is 0 Å². The highest BCUT2D eigenvalue weighted by Crippen LogP contribution is 2.36. The van der Waals surface area contributed by atoms with E-state index in [1.165, 1.54) is 11.8 Å². The molecular formula is C21H18N2O2S2. The summed E-state index contributed by atoms with van der Waals surface area (Å²) in [7, 11) is 0. The van der Waals surface area contributed by atoms with Gasteiger partial charge in [0.25, 0.3) is 5.91 Å². The van der Waals surface area contributed by atoms with Gasteiger partial charge in [-0.15, -0.1) is 23.1 Å². The summed E-state index contributed by atoms with van der Waals surface area (Å²) >= 11 is 3.14. The number of rotatable bonds is 5. The lowest BCUT2D eigenvalue weighted by atomic mass is 10.1. The molecule has 2 aromatic carbocycles. The molecule has 1 aliphatic rings. The number of fused-ring (bicyclic) bond motifs is 1. The number of hydrogen-bond donors (Lipinski definition) is 1. The van der Waals surface area contributed by atoms with Gasteiger partial charge in [0.15, 0.2) is 0 Å². The summed E-state index contributed by atoms with van der Waals surface area (Å²) < 4.78 is 0. The number of carbonyl (C=O) groups is 2. The molecule has 1 aromatic heterocycles. The van der Waals surface area contributed by atoms with Crippen molar-refractivity contribution < 1.29 is 9.59 Å². The van der Waals surface area contributed by atoms with Crippen LogP contribution in [-0.2, 0) is 17.9 Å². The number of thiophene rings is 1. The van der Waals surface area contributed by atoms with Crippen LogP contribution in [-0.4, -0.2) is 17.6 Å². The fraction of sp³-hybridized carbons (Fsp3) is 0.143. The van der Waals surface area contributed by atoms with E-state index in [1.54, 1.807) is 16.2 Å². The molecule has 0 unspecified atom stereocenters. The van der Waals surface area contributed by atoms with Crippen molar-refractivity contribution in [2.75, 3.05) is 10.7 Å². The van der Waals surface area contributed by atoms with Gasteiger partial charge in [-0.05, 0) is 35.2 Å². The lowest BCUT2D eigenvalue weighted by molar-refractivity contribution is -0.116. The first-order valence-electron chi connectivity index (χ1n) is 8.62. The number of thioether (sulfide) groups is 1. The fourth-order valence-electron chi connectivity index (χ4n) is 2.97. The molecule has 2 amide bonds. The summed E-state index contributed by atoms with van der Waals surface area (Å²) in [5, 5.41) is 4.94. The zero-order valence-electron chi connectivity index (χ0n) is 14.6. The van der Waals surface area contributed by atoms with Crippen molar-refractivity contribution in [3.63, 3.8) is 0 Å². The van der Waals surface area contributed by atoms with Crippen LogP contribution in [0.4, 0.5) is 5.69 Å². The number of nitrogens with one attached hydrogen (secondary N) is 1. The first-order chi connectivity index (χ1) is 13.2. The second kappa shape index (κ2) is 7.98. The zero-order valence-corrected chi connectivity index (χ0v) is 16.2. The maximum Gasteiger partial charge on any atom is 0.251 e. The molecular weight excluding hydrogens is 376 g/mol. The Labute approximate surface area is 166 Å². The van der Waals surface area contributed by atoms with Crippen LogP contribution in [0.25, 0.3) is 0 Å². The highest BCUT2D eigenvalue weighted by molar-refractivity contribution is 8.00. The van der Waals surface area contributed by atoms with Crippen molar-refractivity contribution >= 4 is 40.6 Å². The molecule has 0 fully saturated rings. The third kappa shape index (κ3) is 4.07. The molecule has 6 heteroatoms. The SMILES string of the molecule is O=C(NCc1cccs1)c1ccc2c(c1)N(Cc1ccccc1)C(=O)CS2. The van der Waals surface area contributed by atoms with Crippen LogP contribution in [0.2, 0.25) is 0 Å². The zero-order chi connectivity index (χ0) is 18.6. The topological polar surface area (TPSA) is 49.4 Å². The number of benzene rings is 2. The van der Waals surface area contributed by atoms with Crippen molar-refractivity contribution in [2.45, 2.75) is 18.0 Å². The van der Waals surface area contributed by atoms with Crippen molar-refractivity contribution in [1.29, 1.82) is 0 Å². The van der Waals surface area contributed by atoms with Gasteiger partial charge in [-0.1, -0.05) is 36.4 Å². The van der Waals surface area contributed by atoms with E-state index in [2.05, 4.69) is 5.32 Å². The third-order valence-corrected chi connectivity index (χ3v) is 6.27. The molecule has 0 aliphatic carbocycles. The number of hydrogen-bond acceptors (Lipinski definition) is 4. The van der Waals surface area contributed by atoms with Crippen LogP contribution in [0.3, 0.4) is 0 Å². The minimum Gasteiger partial charge on any atom is -0.347 e. The second-order valence-electron chi connectivity index (χ2n) is 6.20. The number of nitrogens with zero attached hydrogens (tertiary/aromatic N) is 1. The molecule has 0 atom stereocenters. The standard InChI is InChI=1S/C21H18N2O2S2/c24-20-14-27-19-9-8-16(21(25)22-12-17-7-4-10-26-17)11-18(19)23(20)13-15-5-2-1-3-6-15/h1-11H,12-14H2,(H,22,25). The van der Waals surface area contributed by atoms with Gasteiger partial charge in [0.1, 0.15) is 0 Å². The first kappa shape index (κ1) is 17.8. The summed E-state index contributed by atoms with van der Waals surface area (Å²) in [4.78, 5) is 29.0. The van der Waals surface area contributed by atoms with Gasteiger partial charge >= 0.3 is 0 Å². The lowest BCUT2D eigenvalue weighted by Gasteiger charge is -2.29. The van der Waals surface area contributed by atoms with Crippen LogP contribution in [0, 0.1) is 0 Å². The van der Waals surface area contributed by atoms with E-state index in [9.17, 15) is 9.59 Å². The Morgan fingerprint density at radius 2 is 1.93 bits per heavy atom. The third-order valence-electron chi connectivity index (χ3n) is 4.35. The van der Waals surface area contributed by atoms with E-state index in [0.29, 0.717) is 24.4 Å². The highest BCUT2D eigenvalue weighted by Gasteiger charge is 2.26. The highest BCUT2D eigenvalue weighted by atomic mass is 32.2. The molecule has 0 spiro atoms. The number of anilines is 1. The van der Waals surface area contributed by atoms with Crippen LogP contribution >= 0.6 is 23.1 Å². The lowest BCUT2D eigenvalue weighted by Crippen LogP contribution is -2.35. The first-order valence-corrected chi connectivity index (χ1v) is 10.5. The molecule has 136 valence electrons. The molecule has 0 bridgehead atoms. The normalized spacial score (nSPS) is 13.3. The molecule has 1 N–H and O–H groups in total. The predicted molar refractivity (Wildman–Crippen MR) is 110 cm³/mol. The second-order valence-corrected chi connectivity index (χ2v) is 8.25. The molecule has 4 rings (SSSR count). The van der Waals surface area contributed by atoms with E-state index in [-0.39, 0.29) is 11.8 Å². The van der Waals surface area contributed by atoms with Gasteiger partial charge in [-0.2, -0.15) is 0 Å². The summed E-state index contributed by atoms with van der Waals surface area (Å²) in [6.07, 6.45) is 0. The Bertz CT molecular complexity index is 956. The van der Waals surface area contributed by atoms with Crippen LogP contribution in [0.1, 0.15) is 20.8 Å². The van der Waals surface area contributed by atoms with Gasteiger partial charge in [0.05, 0.1) is 24.5 Å². The Hall–Kier alpha value is -2.57. The van der Waals surface area contributed by atoms with Crippen molar-refractivity contribution in [3.05, 3.63) is 82.0 Å². The van der Waals surface area contributed by atoms with Gasteiger partial charge < -0.3 is 10.2 Å². The largest absolute Gasteiger partial charge is 0.347 e. The Morgan fingerprint density at radius 3 is 2.70 bits per heavy atom. The average Bonchev–Trinajstić information content (AvgIpc) is 3.22. The molecule has 27 heavy (non-hydrogen) atoms. The maximum absolute atomic E-state index is 12.6. The summed E-state index contributed by atoms with van der Waals surface area (Å²) in [6, 6.07) is 19.5. The average molecular weight is 395 g/mol. The molecule has 1 aliphatic heterocycles. The number of carbonyl (C=O) groups excluding carboxylic acids is 2. The predicted octanol–water partition coefficient (Wildman–Crippen LogP) is 4.32. The van der Waals surface area contributed by atoms with Gasteiger partial charge in [-0.25, -0.2) is 0 Å². The van der Waals surface area contributed by atoms with Gasteiger partial charge in [-0.3, -0.25) is 9.59 Å². The minimum atomic E-state index is -0.131. The maximum atomic E-state index is 12.6. The Morgan fingerprint density at radius 1 is 1.07 bits per heavy atom. The van der Waals surface area contributed by atoms with Crippen LogP contribution in [0.5, 0.6) is 0 Å². The Kier molecular flexibility index (Phi) is 5.27. The van der Waals surface area contributed by atoms with Gasteiger partial charge in [0, 0.05) is 15.3 Å². The fourth-order valence-corrected chi connectivity index (χ4v) is 4.53. The molecule has 2 heterocycles. The van der Waals surface area contributed by atoms with E-state index in [1.807, 2.05) is 66.0 Å². The van der Waals surface area contributed by atoms with E-state index >= 15 is 0 Å². The van der Waals surface area contributed by atoms with Crippen molar-refractivity contribution in [3.8, 4) is 0 Å². The molecule has 0 saturated heterocycles. The van der Waals surface area contributed by atoms with Gasteiger partial charge in [0.2, 0.25) is 5.91 Å². The molecule has 3 aromatic rings. The van der Waals surface area contributed by atoms with Crippen LogP contribution < -0.4 is 10.2 Å². The van der Waals surface area contributed by atoms with Crippen molar-refractivity contribution in [1.82, 2.24) is 5.32 Å². The quantitative estimate of drug-likeness (QED) is 0.701. The van der Waals surface area contributed by atoms with E-state index < -0.39 is 0 Å². The summed E-state index contributed by atoms with van der Waals surface area (Å²) in [5.41, 5.74) is 2.44. The monoisotopic (exact) mass is 394 g/mol. The minimum absolute atomic E-state index is 0.0625. The molecule has 0 radical (unpaired) electrons.